The normalized spacial score (nSPS) is 10.7. The van der Waals surface area contributed by atoms with E-state index >= 15 is 0 Å². The number of carbonyl (C=O) groups is 2. The van der Waals surface area contributed by atoms with Crippen LogP contribution in [-0.2, 0) is 19.1 Å². The van der Waals surface area contributed by atoms with Gasteiger partial charge in [0, 0.05) is 0 Å². The fraction of sp³-hybridized carbons (Fsp3) is 0.400. The summed E-state index contributed by atoms with van der Waals surface area (Å²) < 4.78 is 9.43. The van der Waals surface area contributed by atoms with Crippen molar-refractivity contribution in [3.05, 3.63) is 9.81 Å². The minimum Gasteiger partial charge on any atom is -0.462 e. The van der Waals surface area contributed by atoms with Gasteiger partial charge in [-0.25, -0.2) is 9.59 Å². The van der Waals surface area contributed by atoms with Gasteiger partial charge in [-0.15, -0.1) is 0 Å². The Balaban J connectivity index is 5.43. The molecular formula is C10H10N2O4S2. The van der Waals surface area contributed by atoms with Crippen molar-refractivity contribution in [1.82, 2.24) is 0 Å². The van der Waals surface area contributed by atoms with Crippen LogP contribution in [-0.4, -0.2) is 25.2 Å². The molecule has 0 radical (unpaired) electrons. The zero-order valence-electron chi connectivity index (χ0n) is 9.76. The van der Waals surface area contributed by atoms with E-state index in [1.54, 1.807) is 24.6 Å². The van der Waals surface area contributed by atoms with Gasteiger partial charge in [0.15, 0.2) is 0 Å². The summed E-state index contributed by atoms with van der Waals surface area (Å²) in [4.78, 5) is 22.7. The van der Waals surface area contributed by atoms with E-state index in [-0.39, 0.29) is 23.0 Å². The molecule has 0 aliphatic carbocycles. The monoisotopic (exact) mass is 286 g/mol. The largest absolute Gasteiger partial charge is 0.462 e. The number of esters is 2. The minimum atomic E-state index is -0.824. The molecule has 0 rings (SSSR count). The van der Waals surface area contributed by atoms with Crippen molar-refractivity contribution in [3.8, 4) is 10.8 Å². The van der Waals surface area contributed by atoms with Crippen LogP contribution in [0, 0.1) is 21.3 Å². The second-order valence-corrected chi connectivity index (χ2v) is 4.08. The first-order valence-corrected chi connectivity index (χ1v) is 6.45. The first-order valence-electron chi connectivity index (χ1n) is 4.82. The maximum atomic E-state index is 11.6. The van der Waals surface area contributed by atoms with Crippen molar-refractivity contribution in [2.45, 2.75) is 13.8 Å². The van der Waals surface area contributed by atoms with Crippen LogP contribution in [0.5, 0.6) is 0 Å². The molecule has 0 saturated heterocycles. The minimum absolute atomic E-state index is 0.0989. The van der Waals surface area contributed by atoms with Crippen molar-refractivity contribution in [1.29, 1.82) is 10.5 Å². The molecule has 0 bridgehead atoms. The molecule has 6 nitrogen and oxygen atoms in total. The smallest absolute Gasteiger partial charge is 0.347 e. The molecule has 0 amide bonds. The molecule has 8 heteroatoms. The average molecular weight is 286 g/mol. The van der Waals surface area contributed by atoms with Crippen LogP contribution in [0.2, 0.25) is 0 Å². The molecule has 96 valence electrons. The van der Waals surface area contributed by atoms with Gasteiger partial charge in [-0.05, 0) is 37.4 Å². The Hall–Kier alpha value is -1.64. The average Bonchev–Trinajstić information content (AvgIpc) is 2.34. The molecule has 18 heavy (non-hydrogen) atoms. The number of ether oxygens (including phenoxy) is 2. The third kappa shape index (κ3) is 5.13. The highest BCUT2D eigenvalue weighted by Gasteiger charge is 2.25. The maximum absolute atomic E-state index is 11.6. The number of thioether (sulfide) groups is 2. The highest BCUT2D eigenvalue weighted by atomic mass is 32.2. The lowest BCUT2D eigenvalue weighted by atomic mass is 10.5. The Labute approximate surface area is 113 Å². The number of hydrogen-bond donors (Lipinski definition) is 0. The molecule has 0 aliphatic rings. The maximum Gasteiger partial charge on any atom is 0.347 e. The molecule has 0 spiro atoms. The van der Waals surface area contributed by atoms with Gasteiger partial charge in [-0.1, -0.05) is 0 Å². The van der Waals surface area contributed by atoms with Gasteiger partial charge in [0.05, 0.1) is 13.2 Å². The molecule has 0 saturated carbocycles. The van der Waals surface area contributed by atoms with Crippen molar-refractivity contribution in [2.24, 2.45) is 0 Å². The SMILES string of the molecule is CCOC(=O)C(SC#N)=C(SC#N)C(=O)OCC. The van der Waals surface area contributed by atoms with Gasteiger partial charge in [0.25, 0.3) is 0 Å². The van der Waals surface area contributed by atoms with Crippen LogP contribution in [0.4, 0.5) is 0 Å². The molecule has 0 heterocycles. The van der Waals surface area contributed by atoms with Crippen LogP contribution >= 0.6 is 23.5 Å². The molecule has 0 aromatic rings. The lowest BCUT2D eigenvalue weighted by Crippen LogP contribution is -2.13. The van der Waals surface area contributed by atoms with E-state index in [2.05, 4.69) is 0 Å². The fourth-order valence-corrected chi connectivity index (χ4v) is 1.92. The van der Waals surface area contributed by atoms with Crippen molar-refractivity contribution < 1.29 is 19.1 Å². The molecular weight excluding hydrogens is 276 g/mol. The van der Waals surface area contributed by atoms with E-state index < -0.39 is 11.9 Å². The molecule has 0 atom stereocenters. The second-order valence-electron chi connectivity index (χ2n) is 2.49. The lowest BCUT2D eigenvalue weighted by Gasteiger charge is -2.07. The summed E-state index contributed by atoms with van der Waals surface area (Å²) >= 11 is 0.929. The lowest BCUT2D eigenvalue weighted by molar-refractivity contribution is -0.140. The van der Waals surface area contributed by atoms with Crippen molar-refractivity contribution in [2.75, 3.05) is 13.2 Å². The molecule has 0 aliphatic heterocycles. The fourth-order valence-electron chi connectivity index (χ4n) is 0.846. The van der Waals surface area contributed by atoms with Crippen LogP contribution in [0.1, 0.15) is 13.8 Å². The number of carbonyl (C=O) groups excluding carboxylic acids is 2. The van der Waals surface area contributed by atoms with Gasteiger partial charge >= 0.3 is 11.9 Å². The summed E-state index contributed by atoms with van der Waals surface area (Å²) in [6.45, 7) is 3.38. The third-order valence-electron chi connectivity index (χ3n) is 1.42. The van der Waals surface area contributed by atoms with Gasteiger partial charge in [0.1, 0.15) is 20.6 Å². The summed E-state index contributed by atoms with van der Waals surface area (Å²) in [5, 5.41) is 20.6. The summed E-state index contributed by atoms with van der Waals surface area (Å²) in [6, 6.07) is 0. The Bertz CT molecular complexity index is 394. The topological polar surface area (TPSA) is 100 Å². The number of hydrogen-bond acceptors (Lipinski definition) is 8. The summed E-state index contributed by atoms with van der Waals surface area (Å²) in [5.74, 6) is -1.65. The van der Waals surface area contributed by atoms with E-state index in [9.17, 15) is 9.59 Å². The van der Waals surface area contributed by atoms with Crippen molar-refractivity contribution in [3.63, 3.8) is 0 Å². The second kappa shape index (κ2) is 9.40. The van der Waals surface area contributed by atoms with Gasteiger partial charge < -0.3 is 9.47 Å². The molecule has 0 aromatic heterocycles. The zero-order chi connectivity index (χ0) is 14.0. The molecule has 0 N–H and O–H groups in total. The highest BCUT2D eigenvalue weighted by molar-refractivity contribution is 8.12. The number of nitriles is 2. The molecule has 0 unspecified atom stereocenters. The predicted molar refractivity (Wildman–Crippen MR) is 66.7 cm³/mol. The molecule has 0 fully saturated rings. The summed E-state index contributed by atoms with van der Waals surface area (Å²) in [7, 11) is 0. The van der Waals surface area contributed by atoms with Crippen LogP contribution in [0.15, 0.2) is 9.81 Å². The van der Waals surface area contributed by atoms with Gasteiger partial charge in [-0.2, -0.15) is 10.5 Å². The first-order chi connectivity index (χ1) is 8.62. The predicted octanol–water partition coefficient (Wildman–Crippen LogP) is 1.75. The Kier molecular flexibility index (Phi) is 8.54. The van der Waals surface area contributed by atoms with E-state index in [0.29, 0.717) is 23.5 Å². The Morgan fingerprint density at radius 3 is 1.50 bits per heavy atom. The summed E-state index contributed by atoms with van der Waals surface area (Å²) in [6.07, 6.45) is 0. The first kappa shape index (κ1) is 16.4. The Morgan fingerprint density at radius 1 is 0.944 bits per heavy atom. The number of thiocyanates is 2. The number of rotatable bonds is 6. The number of nitrogens with zero attached hydrogens (tertiary/aromatic N) is 2. The third-order valence-corrected chi connectivity index (χ3v) is 2.88. The standard InChI is InChI=1S/C10H10N2O4S2/c1-3-15-9(13)7(17-5-11)8(18-6-12)10(14)16-4-2/h3-4H2,1-2H3. The molecule has 0 aromatic carbocycles. The zero-order valence-corrected chi connectivity index (χ0v) is 11.4. The van der Waals surface area contributed by atoms with E-state index in [1.165, 1.54) is 0 Å². The highest BCUT2D eigenvalue weighted by Crippen LogP contribution is 2.29. The Morgan fingerprint density at radius 2 is 1.28 bits per heavy atom. The summed E-state index contributed by atoms with van der Waals surface area (Å²) in [5.41, 5.74) is 0. The van der Waals surface area contributed by atoms with E-state index in [1.807, 2.05) is 0 Å². The van der Waals surface area contributed by atoms with Crippen molar-refractivity contribution >= 4 is 35.5 Å². The van der Waals surface area contributed by atoms with Crippen LogP contribution in [0.25, 0.3) is 0 Å². The van der Waals surface area contributed by atoms with Gasteiger partial charge in [-0.3, -0.25) is 0 Å². The van der Waals surface area contributed by atoms with E-state index in [4.69, 9.17) is 20.0 Å². The van der Waals surface area contributed by atoms with Crippen LogP contribution in [0.3, 0.4) is 0 Å². The van der Waals surface area contributed by atoms with Crippen LogP contribution < -0.4 is 0 Å². The van der Waals surface area contributed by atoms with Gasteiger partial charge in [0.2, 0.25) is 0 Å². The van der Waals surface area contributed by atoms with E-state index in [0.717, 1.165) is 0 Å². The quantitative estimate of drug-likeness (QED) is 0.413.